The Kier molecular flexibility index (Phi) is 24.4. The van der Waals surface area contributed by atoms with Gasteiger partial charge in [0, 0.05) is 13.0 Å². The highest BCUT2D eigenvalue weighted by atomic mass is 16.7. The average molecular weight is 603 g/mol. The highest BCUT2D eigenvalue weighted by Crippen LogP contribution is 2.22. The van der Waals surface area contributed by atoms with Gasteiger partial charge in [-0.05, 0) is 32.1 Å². The maximum Gasteiger partial charge on any atom is 0.306 e. The van der Waals surface area contributed by atoms with Crippen molar-refractivity contribution in [3.05, 3.63) is 12.2 Å². The number of aliphatic hydroxyl groups excluding tert-OH is 4. The number of hydrogen-bond donors (Lipinski definition) is 4. The number of allylic oxidation sites excluding steroid dienone is 2. The summed E-state index contributed by atoms with van der Waals surface area (Å²) in [6.45, 7) is 4.44. The third-order valence-corrected chi connectivity index (χ3v) is 7.68. The summed E-state index contributed by atoms with van der Waals surface area (Å²) in [6, 6.07) is 0. The lowest BCUT2D eigenvalue weighted by Crippen LogP contribution is -2.59. The molecule has 1 heterocycles. The monoisotopic (exact) mass is 602 g/mol. The second-order valence-corrected chi connectivity index (χ2v) is 11.6. The van der Waals surface area contributed by atoms with Gasteiger partial charge < -0.3 is 39.4 Å². The van der Waals surface area contributed by atoms with E-state index in [2.05, 4.69) is 26.0 Å². The van der Waals surface area contributed by atoms with Gasteiger partial charge in [0.1, 0.15) is 30.5 Å². The van der Waals surface area contributed by atoms with Crippen LogP contribution in [-0.2, 0) is 23.7 Å². The molecule has 1 aliphatic rings. The van der Waals surface area contributed by atoms with Crippen LogP contribution in [0, 0.1) is 0 Å². The van der Waals surface area contributed by atoms with Crippen molar-refractivity contribution in [3.8, 4) is 0 Å². The molecule has 1 rings (SSSR count). The maximum atomic E-state index is 12.5. The fourth-order valence-electron chi connectivity index (χ4n) is 4.94. The van der Waals surface area contributed by atoms with Gasteiger partial charge in [0.15, 0.2) is 6.29 Å². The molecule has 6 atom stereocenters. The largest absolute Gasteiger partial charge is 0.457 e. The predicted octanol–water partition coefficient (Wildman–Crippen LogP) is 5.35. The third-order valence-electron chi connectivity index (χ3n) is 7.68. The minimum Gasteiger partial charge on any atom is -0.457 e. The molecule has 0 saturated carbocycles. The fraction of sp³-hybridized carbons (Fsp3) is 0.909. The lowest BCUT2D eigenvalue weighted by Gasteiger charge is -2.39. The Bertz CT molecular complexity index is 657. The number of carbonyl (C=O) groups is 1. The Morgan fingerprint density at radius 1 is 0.738 bits per heavy atom. The van der Waals surface area contributed by atoms with Crippen molar-refractivity contribution in [1.29, 1.82) is 0 Å². The Hall–Kier alpha value is -1.07. The Balaban J connectivity index is 2.37. The highest BCUT2D eigenvalue weighted by Gasteiger charge is 2.44. The van der Waals surface area contributed by atoms with Crippen LogP contribution in [0.1, 0.15) is 129 Å². The molecule has 0 aliphatic carbocycles. The average Bonchev–Trinajstić information content (AvgIpc) is 2.99. The zero-order valence-electron chi connectivity index (χ0n) is 26.5. The maximum absolute atomic E-state index is 12.5. The van der Waals surface area contributed by atoms with E-state index in [1.807, 2.05) is 0 Å². The van der Waals surface area contributed by atoms with Crippen molar-refractivity contribution < 1.29 is 44.2 Å². The van der Waals surface area contributed by atoms with Crippen LogP contribution in [0.3, 0.4) is 0 Å². The second kappa shape index (κ2) is 26.3. The summed E-state index contributed by atoms with van der Waals surface area (Å²) >= 11 is 0. The number of aliphatic hydroxyl groups is 4. The van der Waals surface area contributed by atoms with Gasteiger partial charge in [-0.1, -0.05) is 103 Å². The van der Waals surface area contributed by atoms with Gasteiger partial charge >= 0.3 is 5.97 Å². The normalized spacial score (nSPS) is 23.4. The van der Waals surface area contributed by atoms with Crippen LogP contribution in [0.5, 0.6) is 0 Å². The third kappa shape index (κ3) is 18.6. The van der Waals surface area contributed by atoms with E-state index in [1.54, 1.807) is 0 Å². The number of ether oxygens (including phenoxy) is 4. The molecule has 0 amide bonds. The summed E-state index contributed by atoms with van der Waals surface area (Å²) in [4.78, 5) is 12.5. The van der Waals surface area contributed by atoms with Gasteiger partial charge in [0.2, 0.25) is 0 Å². The van der Waals surface area contributed by atoms with Crippen molar-refractivity contribution >= 4 is 5.97 Å². The van der Waals surface area contributed by atoms with Crippen LogP contribution in [0.15, 0.2) is 12.2 Å². The first-order chi connectivity index (χ1) is 20.4. The molecule has 9 heteroatoms. The molecule has 0 aromatic heterocycles. The fourth-order valence-corrected chi connectivity index (χ4v) is 4.94. The van der Waals surface area contributed by atoms with E-state index in [0.29, 0.717) is 13.0 Å². The molecular weight excluding hydrogens is 540 g/mol. The predicted molar refractivity (Wildman–Crippen MR) is 164 cm³/mol. The molecule has 0 spiro atoms. The lowest BCUT2D eigenvalue weighted by molar-refractivity contribution is -0.305. The first-order valence-corrected chi connectivity index (χ1v) is 16.8. The van der Waals surface area contributed by atoms with Gasteiger partial charge in [-0.3, -0.25) is 4.79 Å². The molecule has 1 aliphatic heterocycles. The molecule has 0 aromatic rings. The van der Waals surface area contributed by atoms with Crippen molar-refractivity contribution in [2.24, 2.45) is 0 Å². The zero-order chi connectivity index (χ0) is 30.8. The molecule has 42 heavy (non-hydrogen) atoms. The summed E-state index contributed by atoms with van der Waals surface area (Å²) in [5.74, 6) is -0.324. The molecule has 9 nitrogen and oxygen atoms in total. The first kappa shape index (κ1) is 39.0. The van der Waals surface area contributed by atoms with E-state index in [-0.39, 0.29) is 19.2 Å². The van der Waals surface area contributed by atoms with E-state index < -0.39 is 43.4 Å². The Labute approximate surface area is 255 Å². The Morgan fingerprint density at radius 3 is 2.00 bits per heavy atom. The summed E-state index contributed by atoms with van der Waals surface area (Å²) in [5, 5.41) is 39.7. The van der Waals surface area contributed by atoms with Gasteiger partial charge in [0.05, 0.1) is 19.8 Å². The van der Waals surface area contributed by atoms with Crippen LogP contribution in [0.25, 0.3) is 0 Å². The van der Waals surface area contributed by atoms with E-state index >= 15 is 0 Å². The van der Waals surface area contributed by atoms with Gasteiger partial charge in [-0.25, -0.2) is 0 Å². The molecule has 1 fully saturated rings. The number of rotatable bonds is 27. The molecule has 4 N–H and O–H groups in total. The number of carbonyl (C=O) groups excluding carboxylic acids is 1. The van der Waals surface area contributed by atoms with Crippen LogP contribution < -0.4 is 0 Å². The van der Waals surface area contributed by atoms with E-state index in [4.69, 9.17) is 18.9 Å². The van der Waals surface area contributed by atoms with Gasteiger partial charge in [-0.2, -0.15) is 0 Å². The SMILES string of the molecule is CCCC/C=C\CCCCCCCCOCC(COC1OC(CO)C(O)C(O)C1O)OC(=O)CCCCCCCCC. The number of hydrogen-bond acceptors (Lipinski definition) is 9. The molecule has 1 saturated heterocycles. The molecular formula is C33H62O9. The van der Waals surface area contributed by atoms with E-state index in [1.165, 1.54) is 70.6 Å². The molecule has 0 radical (unpaired) electrons. The zero-order valence-corrected chi connectivity index (χ0v) is 26.5. The summed E-state index contributed by atoms with van der Waals surface area (Å²) in [5.41, 5.74) is 0. The quantitative estimate of drug-likeness (QED) is 0.0557. The van der Waals surface area contributed by atoms with E-state index in [0.717, 1.165) is 38.5 Å². The van der Waals surface area contributed by atoms with Crippen molar-refractivity contribution in [1.82, 2.24) is 0 Å². The summed E-state index contributed by atoms with van der Waals surface area (Å²) in [7, 11) is 0. The van der Waals surface area contributed by atoms with Crippen LogP contribution in [0.4, 0.5) is 0 Å². The van der Waals surface area contributed by atoms with Crippen molar-refractivity contribution in [2.75, 3.05) is 26.4 Å². The van der Waals surface area contributed by atoms with Crippen molar-refractivity contribution in [2.45, 2.75) is 166 Å². The summed E-state index contributed by atoms with van der Waals surface area (Å²) in [6.07, 6.45) is 16.8. The van der Waals surface area contributed by atoms with Crippen LogP contribution in [-0.4, -0.2) is 89.6 Å². The summed E-state index contributed by atoms with van der Waals surface area (Å²) < 4.78 is 22.5. The standard InChI is InChI=1S/C33H62O9/c1-3-5-7-9-11-12-13-14-15-17-19-21-23-39-25-27(41-29(35)22-20-18-16-10-8-6-4-2)26-40-33-32(38)31(37)30(36)28(24-34)42-33/h9,11,27-28,30-34,36-38H,3-8,10,12-26H2,1-2H3/b11-9-. The number of esters is 1. The van der Waals surface area contributed by atoms with Crippen LogP contribution in [0.2, 0.25) is 0 Å². The molecule has 0 aromatic carbocycles. The van der Waals surface area contributed by atoms with Gasteiger partial charge in [0.25, 0.3) is 0 Å². The molecule has 6 unspecified atom stereocenters. The van der Waals surface area contributed by atoms with Gasteiger partial charge in [-0.15, -0.1) is 0 Å². The lowest BCUT2D eigenvalue weighted by atomic mass is 9.99. The first-order valence-electron chi connectivity index (χ1n) is 16.8. The molecule has 0 bridgehead atoms. The van der Waals surface area contributed by atoms with E-state index in [9.17, 15) is 25.2 Å². The topological polar surface area (TPSA) is 135 Å². The molecule has 248 valence electrons. The van der Waals surface area contributed by atoms with Crippen molar-refractivity contribution in [3.63, 3.8) is 0 Å². The Morgan fingerprint density at radius 2 is 1.33 bits per heavy atom. The second-order valence-electron chi connectivity index (χ2n) is 11.6. The number of unbranched alkanes of at least 4 members (excludes halogenated alkanes) is 14. The smallest absolute Gasteiger partial charge is 0.306 e. The highest BCUT2D eigenvalue weighted by molar-refractivity contribution is 5.69. The minimum atomic E-state index is -1.53. The minimum absolute atomic E-state index is 0.113. The van der Waals surface area contributed by atoms with Crippen LogP contribution >= 0.6 is 0 Å².